The number of anilines is 1. The van der Waals surface area contributed by atoms with E-state index in [-0.39, 0.29) is 6.04 Å². The van der Waals surface area contributed by atoms with E-state index >= 15 is 0 Å². The number of nitrogens with zero attached hydrogens (tertiary/aromatic N) is 4. The van der Waals surface area contributed by atoms with Crippen molar-refractivity contribution in [2.24, 2.45) is 0 Å². The predicted octanol–water partition coefficient (Wildman–Crippen LogP) is 1.66. The number of ether oxygens (including phenoxy) is 1. The smallest absolute Gasteiger partial charge is 0.184 e. The first kappa shape index (κ1) is 12.1. The number of rotatable bonds is 3. The Morgan fingerprint density at radius 1 is 1.32 bits per heavy atom. The summed E-state index contributed by atoms with van der Waals surface area (Å²) in [5.41, 5.74) is 7.58. The van der Waals surface area contributed by atoms with Crippen LogP contribution in [0.1, 0.15) is 25.3 Å². The monoisotopic (exact) mass is 259 g/mol. The molecule has 6 heteroatoms. The van der Waals surface area contributed by atoms with Crippen LogP contribution in [0.2, 0.25) is 0 Å². The molecule has 19 heavy (non-hydrogen) atoms. The van der Waals surface area contributed by atoms with Crippen LogP contribution in [0.5, 0.6) is 0 Å². The van der Waals surface area contributed by atoms with Crippen LogP contribution < -0.4 is 5.73 Å². The summed E-state index contributed by atoms with van der Waals surface area (Å²) in [5, 5.41) is 12.1. The Kier molecular flexibility index (Phi) is 3.16. The number of hydrogen-bond donors (Lipinski definition) is 1. The van der Waals surface area contributed by atoms with Crippen LogP contribution in [0, 0.1) is 0 Å². The minimum Gasteiger partial charge on any atom is -0.398 e. The van der Waals surface area contributed by atoms with Gasteiger partial charge in [-0.3, -0.25) is 0 Å². The zero-order valence-electron chi connectivity index (χ0n) is 10.9. The Labute approximate surface area is 111 Å². The lowest BCUT2D eigenvalue weighted by atomic mass is 10.1. The SMILES string of the molecule is COC1CCC(n2nnnc2-c2ccccc2N)C1. The van der Waals surface area contributed by atoms with Crippen molar-refractivity contribution < 1.29 is 4.74 Å². The highest BCUT2D eigenvalue weighted by atomic mass is 16.5. The molecule has 0 bridgehead atoms. The lowest BCUT2D eigenvalue weighted by Crippen LogP contribution is -2.12. The number of nitrogen functional groups attached to an aromatic ring is 1. The molecule has 0 amide bonds. The summed E-state index contributed by atoms with van der Waals surface area (Å²) in [6.45, 7) is 0. The molecule has 1 aliphatic rings. The second-order valence-corrected chi connectivity index (χ2v) is 4.86. The van der Waals surface area contributed by atoms with Gasteiger partial charge in [-0.05, 0) is 41.8 Å². The minimum atomic E-state index is 0.287. The van der Waals surface area contributed by atoms with Crippen LogP contribution in [0.15, 0.2) is 24.3 Å². The molecule has 1 aromatic heterocycles. The molecule has 1 fully saturated rings. The summed E-state index contributed by atoms with van der Waals surface area (Å²) in [5.74, 6) is 0.736. The quantitative estimate of drug-likeness (QED) is 0.848. The summed E-state index contributed by atoms with van der Waals surface area (Å²) in [6, 6.07) is 7.94. The summed E-state index contributed by atoms with van der Waals surface area (Å²) in [6.07, 6.45) is 3.32. The van der Waals surface area contributed by atoms with Gasteiger partial charge in [0.1, 0.15) is 0 Å². The van der Waals surface area contributed by atoms with Crippen molar-refractivity contribution in [2.45, 2.75) is 31.4 Å². The molecule has 1 aromatic carbocycles. The number of para-hydroxylation sites is 1. The Balaban J connectivity index is 1.93. The largest absolute Gasteiger partial charge is 0.398 e. The highest BCUT2D eigenvalue weighted by Crippen LogP contribution is 2.34. The minimum absolute atomic E-state index is 0.287. The molecule has 6 nitrogen and oxygen atoms in total. The van der Waals surface area contributed by atoms with Gasteiger partial charge in [0.05, 0.1) is 12.1 Å². The summed E-state index contributed by atoms with van der Waals surface area (Å²) < 4.78 is 7.28. The van der Waals surface area contributed by atoms with Crippen LogP contribution in [-0.2, 0) is 4.74 Å². The van der Waals surface area contributed by atoms with Crippen molar-refractivity contribution in [1.82, 2.24) is 20.2 Å². The van der Waals surface area contributed by atoms with Gasteiger partial charge in [0, 0.05) is 18.4 Å². The Morgan fingerprint density at radius 3 is 2.89 bits per heavy atom. The Bertz CT molecular complexity index is 568. The number of tetrazole rings is 1. The van der Waals surface area contributed by atoms with Crippen molar-refractivity contribution in [3.8, 4) is 11.4 Å². The van der Waals surface area contributed by atoms with Crippen molar-refractivity contribution in [1.29, 1.82) is 0 Å². The highest BCUT2D eigenvalue weighted by Gasteiger charge is 2.29. The van der Waals surface area contributed by atoms with Crippen molar-refractivity contribution in [3.05, 3.63) is 24.3 Å². The van der Waals surface area contributed by atoms with Gasteiger partial charge < -0.3 is 10.5 Å². The molecule has 1 saturated carbocycles. The van der Waals surface area contributed by atoms with Gasteiger partial charge in [0.25, 0.3) is 0 Å². The zero-order valence-corrected chi connectivity index (χ0v) is 10.9. The Morgan fingerprint density at radius 2 is 2.16 bits per heavy atom. The maximum atomic E-state index is 6.00. The van der Waals surface area contributed by atoms with E-state index in [1.807, 2.05) is 28.9 Å². The normalized spacial score (nSPS) is 22.8. The molecule has 0 saturated heterocycles. The van der Waals surface area contributed by atoms with Crippen molar-refractivity contribution in [3.63, 3.8) is 0 Å². The molecule has 0 spiro atoms. The zero-order chi connectivity index (χ0) is 13.2. The topological polar surface area (TPSA) is 78.8 Å². The number of methoxy groups -OCH3 is 1. The first-order valence-corrected chi connectivity index (χ1v) is 6.45. The van der Waals surface area contributed by atoms with Crippen LogP contribution in [0.3, 0.4) is 0 Å². The maximum absolute atomic E-state index is 6.00. The molecular weight excluding hydrogens is 242 g/mol. The van der Waals surface area contributed by atoms with Crippen molar-refractivity contribution in [2.75, 3.05) is 12.8 Å². The number of nitrogens with two attached hydrogens (primary N) is 1. The third kappa shape index (κ3) is 2.19. The van der Waals surface area contributed by atoms with Gasteiger partial charge in [0.2, 0.25) is 0 Å². The van der Waals surface area contributed by atoms with Crippen molar-refractivity contribution >= 4 is 5.69 Å². The van der Waals surface area contributed by atoms with Gasteiger partial charge in [-0.25, -0.2) is 4.68 Å². The molecule has 0 aliphatic heterocycles. The van der Waals surface area contributed by atoms with Gasteiger partial charge >= 0.3 is 0 Å². The van der Waals surface area contributed by atoms with E-state index in [0.29, 0.717) is 11.8 Å². The Hall–Kier alpha value is -1.95. The third-order valence-corrected chi connectivity index (χ3v) is 3.73. The van der Waals surface area contributed by atoms with E-state index in [1.165, 1.54) is 0 Å². The predicted molar refractivity (Wildman–Crippen MR) is 71.4 cm³/mol. The van der Waals surface area contributed by atoms with Gasteiger partial charge in [-0.2, -0.15) is 0 Å². The molecule has 3 rings (SSSR count). The first-order valence-electron chi connectivity index (χ1n) is 6.45. The first-order chi connectivity index (χ1) is 9.29. The van der Waals surface area contributed by atoms with E-state index in [4.69, 9.17) is 10.5 Å². The number of aromatic nitrogens is 4. The molecule has 1 aliphatic carbocycles. The van der Waals surface area contributed by atoms with Gasteiger partial charge in [0.15, 0.2) is 5.82 Å². The van der Waals surface area contributed by atoms with E-state index in [2.05, 4.69) is 15.5 Å². The lowest BCUT2D eigenvalue weighted by molar-refractivity contribution is 0.105. The van der Waals surface area contributed by atoms with Crippen LogP contribution in [0.25, 0.3) is 11.4 Å². The van der Waals surface area contributed by atoms with E-state index < -0.39 is 0 Å². The molecule has 0 radical (unpaired) electrons. The molecule has 2 unspecified atom stereocenters. The maximum Gasteiger partial charge on any atom is 0.184 e. The molecule has 2 aromatic rings. The molecule has 2 atom stereocenters. The van der Waals surface area contributed by atoms with E-state index in [9.17, 15) is 0 Å². The van der Waals surface area contributed by atoms with Crippen LogP contribution in [-0.4, -0.2) is 33.4 Å². The van der Waals surface area contributed by atoms with Gasteiger partial charge in [-0.15, -0.1) is 5.10 Å². The molecule has 2 N–H and O–H groups in total. The number of hydrogen-bond acceptors (Lipinski definition) is 5. The number of benzene rings is 1. The van der Waals surface area contributed by atoms with E-state index in [0.717, 1.165) is 30.7 Å². The average molecular weight is 259 g/mol. The lowest BCUT2D eigenvalue weighted by Gasteiger charge is -2.13. The second-order valence-electron chi connectivity index (χ2n) is 4.86. The van der Waals surface area contributed by atoms with Crippen LogP contribution >= 0.6 is 0 Å². The molecule has 1 heterocycles. The van der Waals surface area contributed by atoms with E-state index in [1.54, 1.807) is 7.11 Å². The van der Waals surface area contributed by atoms with Gasteiger partial charge in [-0.1, -0.05) is 12.1 Å². The molecular formula is C13H17N5O. The van der Waals surface area contributed by atoms with Crippen LogP contribution in [0.4, 0.5) is 5.69 Å². The molecule has 100 valence electrons. The highest BCUT2D eigenvalue weighted by molar-refractivity contribution is 5.71. The fraction of sp³-hybridized carbons (Fsp3) is 0.462. The standard InChI is InChI=1S/C13H17N5O/c1-19-10-7-6-9(8-10)18-13(15-16-17-18)11-4-2-3-5-12(11)14/h2-5,9-10H,6-8,14H2,1H3. The summed E-state index contributed by atoms with van der Waals surface area (Å²) in [7, 11) is 1.75. The average Bonchev–Trinajstić information content (AvgIpc) is 3.07. The fourth-order valence-electron chi connectivity index (χ4n) is 2.67. The summed E-state index contributed by atoms with van der Waals surface area (Å²) >= 11 is 0. The summed E-state index contributed by atoms with van der Waals surface area (Å²) in [4.78, 5) is 0. The second kappa shape index (κ2) is 4.97. The fourth-order valence-corrected chi connectivity index (χ4v) is 2.67. The third-order valence-electron chi connectivity index (χ3n) is 3.73.